The summed E-state index contributed by atoms with van der Waals surface area (Å²) in [4.78, 5) is 10.4. The van der Waals surface area contributed by atoms with Gasteiger partial charge in [0.15, 0.2) is 0 Å². The van der Waals surface area contributed by atoms with E-state index in [1.165, 1.54) is 20.3 Å². The van der Waals surface area contributed by atoms with E-state index < -0.39 is 0 Å². The van der Waals surface area contributed by atoms with Crippen LogP contribution in [-0.4, -0.2) is 6.29 Å². The van der Waals surface area contributed by atoms with Crippen molar-refractivity contribution < 1.29 is 4.79 Å². The molecule has 0 aliphatic carbocycles. The maximum Gasteiger partial charge on any atom is 0.124 e. The number of hydrogen-bond acceptors (Lipinski definition) is 1. The lowest BCUT2D eigenvalue weighted by Crippen LogP contribution is -1.95. The van der Waals surface area contributed by atoms with Gasteiger partial charge in [-0.3, -0.25) is 0 Å². The van der Waals surface area contributed by atoms with Crippen molar-refractivity contribution in [2.45, 2.75) is 20.3 Å². The summed E-state index contributed by atoms with van der Waals surface area (Å²) in [5.41, 5.74) is 3.60. The van der Waals surface area contributed by atoms with Crippen molar-refractivity contribution in [1.29, 1.82) is 0 Å². The minimum Gasteiger partial charge on any atom is -0.303 e. The molecule has 0 atom stereocenters. The second-order valence-corrected chi connectivity index (χ2v) is 4.13. The second-order valence-electron chi connectivity index (χ2n) is 2.89. The number of benzene rings is 1. The molecule has 0 spiro atoms. The molecule has 0 amide bonds. The van der Waals surface area contributed by atoms with Crippen LogP contribution in [0.2, 0.25) is 0 Å². The van der Waals surface area contributed by atoms with Crippen LogP contribution in [0, 0.1) is 17.4 Å². The van der Waals surface area contributed by atoms with Crippen LogP contribution >= 0.6 is 22.6 Å². The smallest absolute Gasteiger partial charge is 0.124 e. The first-order valence-electron chi connectivity index (χ1n) is 3.84. The highest BCUT2D eigenvalue weighted by Gasteiger charge is 2.02. The van der Waals surface area contributed by atoms with Gasteiger partial charge in [-0.2, -0.15) is 0 Å². The third kappa shape index (κ3) is 2.06. The van der Waals surface area contributed by atoms with Crippen LogP contribution in [0.4, 0.5) is 0 Å². The van der Waals surface area contributed by atoms with Crippen LogP contribution in [0.25, 0.3) is 0 Å². The fourth-order valence-electron chi connectivity index (χ4n) is 1.35. The first-order valence-corrected chi connectivity index (χ1v) is 4.92. The Morgan fingerprint density at radius 1 is 1.33 bits per heavy atom. The van der Waals surface area contributed by atoms with Gasteiger partial charge in [0.25, 0.3) is 0 Å². The normalized spacial score (nSPS) is 9.92. The molecule has 12 heavy (non-hydrogen) atoms. The number of carbonyl (C=O) groups excluding carboxylic acids is 1. The van der Waals surface area contributed by atoms with Gasteiger partial charge in [0, 0.05) is 9.99 Å². The summed E-state index contributed by atoms with van der Waals surface area (Å²) in [6, 6.07) is 4.21. The molecule has 1 aromatic rings. The lowest BCUT2D eigenvalue weighted by atomic mass is 10.0. The molecular weight excluding hydrogens is 263 g/mol. The average molecular weight is 274 g/mol. The molecular formula is C10H11IO. The predicted octanol–water partition coefficient (Wildman–Crippen LogP) is 2.65. The fourth-order valence-corrected chi connectivity index (χ4v) is 2.28. The minimum absolute atomic E-state index is 0.536. The Labute approximate surface area is 86.3 Å². The van der Waals surface area contributed by atoms with E-state index in [1.54, 1.807) is 0 Å². The van der Waals surface area contributed by atoms with E-state index >= 15 is 0 Å². The van der Waals surface area contributed by atoms with Crippen molar-refractivity contribution in [2.75, 3.05) is 0 Å². The molecule has 0 aromatic heterocycles. The van der Waals surface area contributed by atoms with Crippen molar-refractivity contribution in [2.24, 2.45) is 0 Å². The topological polar surface area (TPSA) is 17.1 Å². The van der Waals surface area contributed by atoms with Crippen LogP contribution in [0.5, 0.6) is 0 Å². The summed E-state index contributed by atoms with van der Waals surface area (Å²) in [6.45, 7) is 4.10. The highest BCUT2D eigenvalue weighted by molar-refractivity contribution is 14.1. The molecule has 0 fully saturated rings. The molecule has 0 saturated carbocycles. The standard InChI is InChI=1S/C10H11IO/c1-7-5-9(11)6-8(2)10(7)3-4-12/h4-6H,3H2,1-2H3. The Bertz CT molecular complexity index is 282. The first kappa shape index (κ1) is 9.71. The number of aldehydes is 1. The molecule has 0 aliphatic heterocycles. The number of rotatable bonds is 2. The van der Waals surface area contributed by atoms with E-state index in [1.807, 2.05) is 13.8 Å². The Hall–Kier alpha value is -0.380. The molecule has 0 saturated heterocycles. The number of carbonyl (C=O) groups is 1. The van der Waals surface area contributed by atoms with Crippen molar-refractivity contribution in [1.82, 2.24) is 0 Å². The molecule has 0 unspecified atom stereocenters. The highest BCUT2D eigenvalue weighted by Crippen LogP contribution is 2.17. The van der Waals surface area contributed by atoms with Gasteiger partial charge in [-0.1, -0.05) is 0 Å². The van der Waals surface area contributed by atoms with Crippen LogP contribution in [0.3, 0.4) is 0 Å². The summed E-state index contributed by atoms with van der Waals surface area (Å²) < 4.78 is 1.23. The summed E-state index contributed by atoms with van der Waals surface area (Å²) >= 11 is 2.29. The van der Waals surface area contributed by atoms with Gasteiger partial charge in [0.1, 0.15) is 6.29 Å². The molecule has 1 aromatic carbocycles. The Balaban J connectivity index is 3.18. The van der Waals surface area contributed by atoms with Gasteiger partial charge in [-0.25, -0.2) is 0 Å². The van der Waals surface area contributed by atoms with Crippen LogP contribution in [0.15, 0.2) is 12.1 Å². The van der Waals surface area contributed by atoms with Crippen molar-refractivity contribution in [3.05, 3.63) is 32.4 Å². The monoisotopic (exact) mass is 274 g/mol. The molecule has 0 radical (unpaired) electrons. The molecule has 0 aliphatic rings. The Morgan fingerprint density at radius 2 is 1.83 bits per heavy atom. The van der Waals surface area contributed by atoms with E-state index in [2.05, 4.69) is 34.7 Å². The zero-order valence-electron chi connectivity index (χ0n) is 7.23. The van der Waals surface area contributed by atoms with Gasteiger partial charge in [0.2, 0.25) is 0 Å². The lowest BCUT2D eigenvalue weighted by Gasteiger charge is -2.06. The summed E-state index contributed by atoms with van der Waals surface area (Å²) in [5, 5.41) is 0. The third-order valence-corrected chi connectivity index (χ3v) is 2.57. The van der Waals surface area contributed by atoms with E-state index in [4.69, 9.17) is 0 Å². The molecule has 0 bridgehead atoms. The van der Waals surface area contributed by atoms with Crippen molar-refractivity contribution >= 4 is 28.9 Å². The molecule has 1 rings (SSSR count). The van der Waals surface area contributed by atoms with Crippen LogP contribution < -0.4 is 0 Å². The van der Waals surface area contributed by atoms with Gasteiger partial charge in [-0.05, 0) is 65.3 Å². The zero-order chi connectivity index (χ0) is 9.14. The highest BCUT2D eigenvalue weighted by atomic mass is 127. The molecule has 1 nitrogen and oxygen atoms in total. The SMILES string of the molecule is Cc1cc(I)cc(C)c1CC=O. The summed E-state index contributed by atoms with van der Waals surface area (Å²) in [6.07, 6.45) is 1.50. The molecule has 2 heteroatoms. The zero-order valence-corrected chi connectivity index (χ0v) is 9.38. The van der Waals surface area contributed by atoms with E-state index in [0.717, 1.165) is 6.29 Å². The fraction of sp³-hybridized carbons (Fsp3) is 0.300. The number of aryl methyl sites for hydroxylation is 2. The van der Waals surface area contributed by atoms with Crippen LogP contribution in [0.1, 0.15) is 16.7 Å². The lowest BCUT2D eigenvalue weighted by molar-refractivity contribution is -0.107. The number of hydrogen-bond donors (Lipinski definition) is 0. The van der Waals surface area contributed by atoms with Gasteiger partial charge in [-0.15, -0.1) is 0 Å². The summed E-state index contributed by atoms with van der Waals surface area (Å²) in [5.74, 6) is 0. The average Bonchev–Trinajstić information content (AvgIpc) is 1.96. The Kier molecular flexibility index (Phi) is 3.26. The van der Waals surface area contributed by atoms with Crippen molar-refractivity contribution in [3.63, 3.8) is 0 Å². The maximum atomic E-state index is 10.4. The van der Waals surface area contributed by atoms with Crippen molar-refractivity contribution in [3.8, 4) is 0 Å². The first-order chi connectivity index (χ1) is 5.65. The van der Waals surface area contributed by atoms with E-state index in [0.29, 0.717) is 6.42 Å². The predicted molar refractivity (Wildman–Crippen MR) is 58.4 cm³/mol. The molecule has 0 N–H and O–H groups in total. The second kappa shape index (κ2) is 4.03. The minimum atomic E-state index is 0.536. The molecule has 0 heterocycles. The van der Waals surface area contributed by atoms with E-state index in [-0.39, 0.29) is 0 Å². The van der Waals surface area contributed by atoms with Gasteiger partial charge >= 0.3 is 0 Å². The van der Waals surface area contributed by atoms with Gasteiger partial charge < -0.3 is 4.79 Å². The third-order valence-electron chi connectivity index (χ3n) is 1.95. The van der Waals surface area contributed by atoms with E-state index in [9.17, 15) is 4.79 Å². The molecule has 64 valence electrons. The summed E-state index contributed by atoms with van der Waals surface area (Å²) in [7, 11) is 0. The quantitative estimate of drug-likeness (QED) is 0.598. The Morgan fingerprint density at radius 3 is 2.25 bits per heavy atom. The largest absolute Gasteiger partial charge is 0.303 e. The number of halogens is 1. The van der Waals surface area contributed by atoms with Gasteiger partial charge in [0.05, 0.1) is 0 Å². The van der Waals surface area contributed by atoms with Crippen LogP contribution in [-0.2, 0) is 11.2 Å². The maximum absolute atomic E-state index is 10.4.